The molecule has 1 aliphatic rings. The molecule has 0 saturated heterocycles. The first kappa shape index (κ1) is 8.07. The van der Waals surface area contributed by atoms with Gasteiger partial charge in [-0.1, -0.05) is 54.1 Å². The van der Waals surface area contributed by atoms with Gasteiger partial charge in [0.1, 0.15) is 0 Å². The van der Waals surface area contributed by atoms with E-state index in [1.807, 2.05) is 0 Å². The summed E-state index contributed by atoms with van der Waals surface area (Å²) in [7, 11) is 0. The number of halogens is 1. The van der Waals surface area contributed by atoms with Gasteiger partial charge in [0.2, 0.25) is 0 Å². The lowest BCUT2D eigenvalue weighted by atomic mass is 10.0. The van der Waals surface area contributed by atoms with Gasteiger partial charge in [0.25, 0.3) is 0 Å². The number of fused-ring (bicyclic) bond motifs is 3. The van der Waals surface area contributed by atoms with Crippen molar-refractivity contribution in [2.24, 2.45) is 0 Å². The van der Waals surface area contributed by atoms with Crippen molar-refractivity contribution in [3.63, 3.8) is 0 Å². The van der Waals surface area contributed by atoms with Crippen molar-refractivity contribution in [1.29, 1.82) is 0 Å². The molecule has 0 atom stereocenters. The first-order valence-electron chi connectivity index (χ1n) is 4.73. The Morgan fingerprint density at radius 3 is 2.79 bits per heavy atom. The third-order valence-electron chi connectivity index (χ3n) is 2.76. The first-order valence-corrected chi connectivity index (χ1v) is 5.11. The van der Waals surface area contributed by atoms with Gasteiger partial charge in [0, 0.05) is 10.6 Å². The summed E-state index contributed by atoms with van der Waals surface area (Å²) in [6.07, 6.45) is 3.05. The van der Waals surface area contributed by atoms with E-state index in [1.165, 1.54) is 21.9 Å². The van der Waals surface area contributed by atoms with E-state index in [9.17, 15) is 0 Å². The Morgan fingerprint density at radius 1 is 1.00 bits per heavy atom. The molecule has 0 nitrogen and oxygen atoms in total. The molecule has 0 amide bonds. The lowest BCUT2D eigenvalue weighted by molar-refractivity contribution is 1.32. The minimum Gasteiger partial charge on any atom is -0.0840 e. The molecule has 0 bridgehead atoms. The smallest absolute Gasteiger partial charge is 0.0451 e. The number of rotatable bonds is 0. The van der Waals surface area contributed by atoms with Crippen molar-refractivity contribution in [3.8, 4) is 0 Å². The van der Waals surface area contributed by atoms with Gasteiger partial charge in [0.15, 0.2) is 0 Å². The van der Waals surface area contributed by atoms with E-state index < -0.39 is 0 Å². The minimum absolute atomic E-state index is 0.900. The third kappa shape index (κ3) is 1.01. The van der Waals surface area contributed by atoms with Crippen LogP contribution in [-0.2, 0) is 6.42 Å². The maximum atomic E-state index is 6.18. The maximum Gasteiger partial charge on any atom is 0.0451 e. The Kier molecular flexibility index (Phi) is 1.65. The summed E-state index contributed by atoms with van der Waals surface area (Å²) in [4.78, 5) is 0. The number of benzene rings is 2. The third-order valence-corrected chi connectivity index (χ3v) is 3.10. The summed E-state index contributed by atoms with van der Waals surface area (Å²) in [5, 5.41) is 3.43. The Bertz CT molecular complexity index is 538. The highest BCUT2D eigenvalue weighted by atomic mass is 35.5. The second-order valence-electron chi connectivity index (χ2n) is 3.58. The fraction of sp³-hybridized carbons (Fsp3) is 0.0769. The summed E-state index contributed by atoms with van der Waals surface area (Å²) in [6, 6.07) is 12.7. The highest BCUT2D eigenvalue weighted by molar-refractivity contribution is 6.50. The summed E-state index contributed by atoms with van der Waals surface area (Å²) < 4.78 is 0. The topological polar surface area (TPSA) is 0 Å². The molecule has 2 aromatic rings. The standard InChI is InChI=1S/C13H9Cl/c14-12-8-7-10-6-5-9-3-1-2-4-11(9)13(10)12/h1-6,8H,7H2. The normalized spacial score (nSPS) is 14.2. The van der Waals surface area contributed by atoms with Crippen LogP contribution in [0.25, 0.3) is 15.8 Å². The van der Waals surface area contributed by atoms with Gasteiger partial charge in [-0.25, -0.2) is 0 Å². The van der Waals surface area contributed by atoms with Crippen molar-refractivity contribution < 1.29 is 0 Å². The molecule has 68 valence electrons. The van der Waals surface area contributed by atoms with Crippen LogP contribution in [0.3, 0.4) is 0 Å². The van der Waals surface area contributed by atoms with Crippen molar-refractivity contribution in [2.75, 3.05) is 0 Å². The Labute approximate surface area is 87.8 Å². The SMILES string of the molecule is ClC1=CCc2ccc3ccccc3c21. The van der Waals surface area contributed by atoms with Crippen molar-refractivity contribution in [2.45, 2.75) is 6.42 Å². The molecular formula is C13H9Cl. The van der Waals surface area contributed by atoms with Gasteiger partial charge in [-0.3, -0.25) is 0 Å². The number of hydrogen-bond donors (Lipinski definition) is 0. The van der Waals surface area contributed by atoms with E-state index in [1.54, 1.807) is 0 Å². The molecule has 2 aromatic carbocycles. The molecule has 3 rings (SSSR count). The molecule has 1 aliphatic carbocycles. The lowest BCUT2D eigenvalue weighted by Gasteiger charge is -2.05. The van der Waals surface area contributed by atoms with Crippen LogP contribution in [0.1, 0.15) is 11.1 Å². The lowest BCUT2D eigenvalue weighted by Crippen LogP contribution is -1.84. The van der Waals surface area contributed by atoms with E-state index in [0.717, 1.165) is 11.5 Å². The minimum atomic E-state index is 0.900. The van der Waals surface area contributed by atoms with Crippen LogP contribution in [0.2, 0.25) is 0 Å². The maximum absolute atomic E-state index is 6.18. The Morgan fingerprint density at radius 2 is 1.86 bits per heavy atom. The summed E-state index contributed by atoms with van der Waals surface area (Å²) in [5.74, 6) is 0. The molecule has 0 radical (unpaired) electrons. The zero-order valence-electron chi connectivity index (χ0n) is 7.63. The average Bonchev–Trinajstić information content (AvgIpc) is 2.61. The van der Waals surface area contributed by atoms with E-state index in [4.69, 9.17) is 11.6 Å². The molecule has 0 N–H and O–H groups in total. The number of hydrogen-bond acceptors (Lipinski definition) is 0. The van der Waals surface area contributed by atoms with Gasteiger partial charge < -0.3 is 0 Å². The molecule has 14 heavy (non-hydrogen) atoms. The Balaban J connectivity index is 2.47. The second kappa shape index (κ2) is 2.86. The molecular weight excluding hydrogens is 192 g/mol. The predicted molar refractivity (Wildman–Crippen MR) is 61.5 cm³/mol. The monoisotopic (exact) mass is 200 g/mol. The molecule has 0 heterocycles. The Hall–Kier alpha value is -1.27. The van der Waals surface area contributed by atoms with Gasteiger partial charge >= 0.3 is 0 Å². The van der Waals surface area contributed by atoms with Crippen LogP contribution >= 0.6 is 11.6 Å². The van der Waals surface area contributed by atoms with Crippen molar-refractivity contribution in [3.05, 3.63) is 53.6 Å². The van der Waals surface area contributed by atoms with Gasteiger partial charge in [-0.2, -0.15) is 0 Å². The molecule has 0 aromatic heterocycles. The highest BCUT2D eigenvalue weighted by Crippen LogP contribution is 2.35. The van der Waals surface area contributed by atoms with Crippen molar-refractivity contribution >= 4 is 27.4 Å². The van der Waals surface area contributed by atoms with Crippen molar-refractivity contribution in [1.82, 2.24) is 0 Å². The van der Waals surface area contributed by atoms with E-state index in [0.29, 0.717) is 0 Å². The van der Waals surface area contributed by atoms with Gasteiger partial charge in [-0.15, -0.1) is 0 Å². The molecule has 0 aliphatic heterocycles. The molecule has 0 fully saturated rings. The predicted octanol–water partition coefficient (Wildman–Crippen LogP) is 3.98. The molecule has 0 unspecified atom stereocenters. The fourth-order valence-electron chi connectivity index (χ4n) is 2.07. The molecule has 0 spiro atoms. The van der Waals surface area contributed by atoms with Crippen LogP contribution in [0.15, 0.2) is 42.5 Å². The summed E-state index contributed by atoms with van der Waals surface area (Å²) in [6.45, 7) is 0. The van der Waals surface area contributed by atoms with Crippen LogP contribution in [0, 0.1) is 0 Å². The van der Waals surface area contributed by atoms with E-state index >= 15 is 0 Å². The van der Waals surface area contributed by atoms with Crippen LogP contribution in [-0.4, -0.2) is 0 Å². The fourth-order valence-corrected chi connectivity index (χ4v) is 2.37. The summed E-state index contributed by atoms with van der Waals surface area (Å²) >= 11 is 6.18. The molecule has 0 saturated carbocycles. The largest absolute Gasteiger partial charge is 0.0840 e. The number of allylic oxidation sites excluding steroid dienone is 1. The van der Waals surface area contributed by atoms with E-state index in [-0.39, 0.29) is 0 Å². The van der Waals surface area contributed by atoms with Crippen LogP contribution in [0.4, 0.5) is 0 Å². The average molecular weight is 201 g/mol. The van der Waals surface area contributed by atoms with Gasteiger partial charge in [-0.05, 0) is 22.8 Å². The highest BCUT2D eigenvalue weighted by Gasteiger charge is 2.14. The van der Waals surface area contributed by atoms with Crippen LogP contribution in [0.5, 0.6) is 0 Å². The van der Waals surface area contributed by atoms with Gasteiger partial charge in [0.05, 0.1) is 0 Å². The zero-order chi connectivity index (χ0) is 9.54. The second-order valence-corrected chi connectivity index (χ2v) is 3.98. The van der Waals surface area contributed by atoms with Crippen LogP contribution < -0.4 is 0 Å². The zero-order valence-corrected chi connectivity index (χ0v) is 8.38. The van der Waals surface area contributed by atoms with E-state index in [2.05, 4.69) is 42.5 Å². The summed E-state index contributed by atoms with van der Waals surface area (Å²) in [5.41, 5.74) is 2.57. The molecule has 1 heteroatoms. The first-order chi connectivity index (χ1) is 6.86. The quantitative estimate of drug-likeness (QED) is 0.604.